The van der Waals surface area contributed by atoms with Crippen molar-refractivity contribution in [3.05, 3.63) is 30.5 Å². The maximum absolute atomic E-state index is 12.1. The zero-order valence-electron chi connectivity index (χ0n) is 9.55. The van der Waals surface area contributed by atoms with E-state index in [9.17, 15) is 13.2 Å². The van der Waals surface area contributed by atoms with Gasteiger partial charge in [0.2, 0.25) is 0 Å². The van der Waals surface area contributed by atoms with Crippen LogP contribution in [0.1, 0.15) is 0 Å². The van der Waals surface area contributed by atoms with Crippen molar-refractivity contribution in [3.63, 3.8) is 0 Å². The topological polar surface area (TPSA) is 84.9 Å². The molecule has 20 heavy (non-hydrogen) atoms. The summed E-state index contributed by atoms with van der Waals surface area (Å²) in [6, 6.07) is 5.52. The van der Waals surface area contributed by atoms with Crippen LogP contribution in [-0.2, 0) is 9.59 Å². The SMILES string of the molecule is FC(F)(F)Sc1ccc(Oc2cn[nH]n2)cc1.O=C=O. The largest absolute Gasteiger partial charge is 0.446 e. The van der Waals surface area contributed by atoms with Gasteiger partial charge in [0.1, 0.15) is 11.9 Å². The first-order chi connectivity index (χ1) is 9.44. The highest BCUT2D eigenvalue weighted by Gasteiger charge is 2.29. The number of rotatable bonds is 3. The molecule has 0 atom stereocenters. The molecular formula is C10H6F3N3O3S. The Bertz CT molecular complexity index is 551. The number of nitrogens with one attached hydrogen (secondary N) is 1. The second-order valence-electron chi connectivity index (χ2n) is 3.01. The molecule has 2 rings (SSSR count). The van der Waals surface area contributed by atoms with E-state index in [0.29, 0.717) is 5.75 Å². The van der Waals surface area contributed by atoms with Crippen LogP contribution in [0.25, 0.3) is 0 Å². The predicted molar refractivity (Wildman–Crippen MR) is 59.8 cm³/mol. The van der Waals surface area contributed by atoms with Crippen LogP contribution >= 0.6 is 11.8 Å². The average Bonchev–Trinajstić information content (AvgIpc) is 2.84. The number of halogens is 3. The van der Waals surface area contributed by atoms with Crippen molar-refractivity contribution < 1.29 is 27.5 Å². The number of hydrogen-bond donors (Lipinski definition) is 1. The second-order valence-corrected chi connectivity index (χ2v) is 4.15. The molecule has 0 saturated heterocycles. The van der Waals surface area contributed by atoms with Crippen LogP contribution in [0.3, 0.4) is 0 Å². The van der Waals surface area contributed by atoms with Crippen LogP contribution in [0.2, 0.25) is 0 Å². The standard InChI is InChI=1S/C9H6F3N3OS.CO2/c10-9(11,12)17-7-3-1-6(2-4-7)16-8-5-13-15-14-8;2-1-3/h1-5H,(H,13,14,15);. The quantitative estimate of drug-likeness (QED) is 0.877. The molecule has 2 aromatic rings. The summed E-state index contributed by atoms with van der Waals surface area (Å²) in [7, 11) is 0. The first-order valence-corrected chi connectivity index (χ1v) is 5.65. The minimum absolute atomic E-state index is 0.102. The first-order valence-electron chi connectivity index (χ1n) is 4.83. The van der Waals surface area contributed by atoms with Gasteiger partial charge in [0.15, 0.2) is 0 Å². The van der Waals surface area contributed by atoms with Gasteiger partial charge in [0.25, 0.3) is 5.88 Å². The third-order valence-electron chi connectivity index (χ3n) is 1.67. The Morgan fingerprint density at radius 2 is 1.80 bits per heavy atom. The molecule has 1 heterocycles. The molecule has 0 fully saturated rings. The molecule has 0 radical (unpaired) electrons. The lowest BCUT2D eigenvalue weighted by Gasteiger charge is -2.06. The number of ether oxygens (including phenoxy) is 1. The number of hydrogen-bond acceptors (Lipinski definition) is 6. The highest BCUT2D eigenvalue weighted by Crippen LogP contribution is 2.37. The van der Waals surface area contributed by atoms with Gasteiger partial charge in [-0.05, 0) is 36.0 Å². The lowest BCUT2D eigenvalue weighted by atomic mass is 10.3. The minimum atomic E-state index is -4.28. The Morgan fingerprint density at radius 3 is 2.25 bits per heavy atom. The summed E-state index contributed by atoms with van der Waals surface area (Å²) in [6.45, 7) is 0. The third-order valence-corrected chi connectivity index (χ3v) is 2.41. The lowest BCUT2D eigenvalue weighted by molar-refractivity contribution is -0.191. The molecule has 0 aliphatic heterocycles. The van der Waals surface area contributed by atoms with E-state index in [-0.39, 0.29) is 28.7 Å². The Balaban J connectivity index is 0.000000612. The summed E-state index contributed by atoms with van der Waals surface area (Å²) in [4.78, 5) is 16.4. The molecule has 1 N–H and O–H groups in total. The maximum Gasteiger partial charge on any atom is 0.446 e. The molecule has 0 saturated carbocycles. The molecule has 0 bridgehead atoms. The molecule has 6 nitrogen and oxygen atoms in total. The van der Waals surface area contributed by atoms with Gasteiger partial charge in [-0.1, -0.05) is 0 Å². The number of benzene rings is 1. The summed E-state index contributed by atoms with van der Waals surface area (Å²) >= 11 is -0.172. The van der Waals surface area contributed by atoms with Gasteiger partial charge in [-0.3, -0.25) is 0 Å². The molecule has 0 aliphatic rings. The van der Waals surface area contributed by atoms with Crippen molar-refractivity contribution in [2.45, 2.75) is 10.4 Å². The van der Waals surface area contributed by atoms with E-state index in [1.54, 1.807) is 0 Å². The van der Waals surface area contributed by atoms with Gasteiger partial charge in [0, 0.05) is 4.90 Å². The number of thioether (sulfide) groups is 1. The van der Waals surface area contributed by atoms with Crippen molar-refractivity contribution >= 4 is 17.9 Å². The van der Waals surface area contributed by atoms with E-state index in [4.69, 9.17) is 14.3 Å². The van der Waals surface area contributed by atoms with Gasteiger partial charge >= 0.3 is 11.7 Å². The summed E-state index contributed by atoms with van der Waals surface area (Å²) in [5.41, 5.74) is -4.28. The molecule has 1 aromatic carbocycles. The van der Waals surface area contributed by atoms with Crippen molar-refractivity contribution in [2.75, 3.05) is 0 Å². The van der Waals surface area contributed by atoms with Gasteiger partial charge in [-0.25, -0.2) is 0 Å². The zero-order valence-corrected chi connectivity index (χ0v) is 10.4. The van der Waals surface area contributed by atoms with Gasteiger partial charge in [-0.2, -0.15) is 33.1 Å². The molecule has 1 aromatic heterocycles. The Morgan fingerprint density at radius 1 is 1.20 bits per heavy atom. The van der Waals surface area contributed by atoms with E-state index in [0.717, 1.165) is 0 Å². The summed E-state index contributed by atoms with van der Waals surface area (Å²) < 4.78 is 41.4. The van der Waals surface area contributed by atoms with Crippen molar-refractivity contribution in [3.8, 4) is 11.6 Å². The van der Waals surface area contributed by atoms with Crippen LogP contribution < -0.4 is 4.74 Å². The number of carbonyl (C=O) groups excluding carboxylic acids is 2. The summed E-state index contributed by atoms with van der Waals surface area (Å²) in [5, 5.41) is 9.53. The number of aromatic nitrogens is 3. The van der Waals surface area contributed by atoms with Crippen LogP contribution in [0.4, 0.5) is 13.2 Å². The third kappa shape index (κ3) is 6.03. The van der Waals surface area contributed by atoms with Gasteiger partial charge in [-0.15, -0.1) is 5.10 Å². The minimum Gasteiger partial charge on any atom is -0.436 e. The molecule has 0 amide bonds. The van der Waals surface area contributed by atoms with Crippen LogP contribution in [0, 0.1) is 0 Å². The number of aromatic amines is 1. The molecule has 10 heteroatoms. The zero-order chi connectivity index (χ0) is 15.0. The fraction of sp³-hybridized carbons (Fsp3) is 0.100. The smallest absolute Gasteiger partial charge is 0.436 e. The number of H-pyrrole nitrogens is 1. The average molecular weight is 305 g/mol. The molecular weight excluding hydrogens is 299 g/mol. The summed E-state index contributed by atoms with van der Waals surface area (Å²) in [6.07, 6.45) is 1.61. The van der Waals surface area contributed by atoms with Crippen LogP contribution in [-0.4, -0.2) is 27.1 Å². The molecule has 0 spiro atoms. The first kappa shape index (κ1) is 15.7. The molecule has 0 aliphatic carbocycles. The Labute approximate surface area is 114 Å². The number of alkyl halides is 3. The van der Waals surface area contributed by atoms with E-state index >= 15 is 0 Å². The fourth-order valence-corrected chi connectivity index (χ4v) is 1.61. The van der Waals surface area contributed by atoms with Crippen molar-refractivity contribution in [2.24, 2.45) is 0 Å². The Hall–Kier alpha value is -2.32. The second kappa shape index (κ2) is 7.31. The Kier molecular flexibility index (Phi) is 5.75. The lowest BCUT2D eigenvalue weighted by Crippen LogP contribution is -1.98. The normalized spacial score (nSPS) is 10.2. The van der Waals surface area contributed by atoms with Crippen LogP contribution in [0.5, 0.6) is 11.6 Å². The van der Waals surface area contributed by atoms with Gasteiger partial charge < -0.3 is 4.74 Å². The fourth-order valence-electron chi connectivity index (χ4n) is 1.07. The molecule has 0 unspecified atom stereocenters. The highest BCUT2D eigenvalue weighted by molar-refractivity contribution is 8.00. The van der Waals surface area contributed by atoms with E-state index in [1.807, 2.05) is 0 Å². The van der Waals surface area contributed by atoms with Crippen LogP contribution in [0.15, 0.2) is 35.4 Å². The van der Waals surface area contributed by atoms with E-state index < -0.39 is 5.51 Å². The van der Waals surface area contributed by atoms with Gasteiger partial charge in [0.05, 0.1) is 0 Å². The van der Waals surface area contributed by atoms with Crippen molar-refractivity contribution in [1.29, 1.82) is 0 Å². The number of nitrogens with zero attached hydrogens (tertiary/aromatic N) is 2. The maximum atomic E-state index is 12.1. The summed E-state index contributed by atoms with van der Waals surface area (Å²) in [5.74, 6) is 0.645. The van der Waals surface area contributed by atoms with Crippen molar-refractivity contribution in [1.82, 2.24) is 15.4 Å². The van der Waals surface area contributed by atoms with E-state index in [1.165, 1.54) is 30.5 Å². The predicted octanol–water partition coefficient (Wildman–Crippen LogP) is 2.63. The van der Waals surface area contributed by atoms with E-state index in [2.05, 4.69) is 15.4 Å². The monoisotopic (exact) mass is 305 g/mol. The molecule has 106 valence electrons. The highest BCUT2D eigenvalue weighted by atomic mass is 32.2.